The lowest BCUT2D eigenvalue weighted by Crippen LogP contribution is -2.36. The number of ether oxygens (including phenoxy) is 1. The van der Waals surface area contributed by atoms with Crippen molar-refractivity contribution in [1.82, 2.24) is 10.2 Å². The van der Waals surface area contributed by atoms with Crippen molar-refractivity contribution in [3.05, 3.63) is 53.5 Å². The summed E-state index contributed by atoms with van der Waals surface area (Å²) in [5, 5.41) is 2.92. The van der Waals surface area contributed by atoms with E-state index in [-0.39, 0.29) is 18.6 Å². The van der Waals surface area contributed by atoms with Gasteiger partial charge < -0.3 is 14.5 Å². The van der Waals surface area contributed by atoms with Gasteiger partial charge in [0.15, 0.2) is 6.61 Å². The van der Waals surface area contributed by atoms with E-state index in [0.717, 1.165) is 22.6 Å². The molecule has 1 aromatic heterocycles. The molecular formula is C20H28N2O3. The van der Waals surface area contributed by atoms with Crippen molar-refractivity contribution in [2.75, 3.05) is 27.2 Å². The molecule has 1 heterocycles. The highest BCUT2D eigenvalue weighted by atomic mass is 16.5. The number of hydrogen-bond acceptors (Lipinski definition) is 4. The molecule has 0 saturated carbocycles. The third-order valence-electron chi connectivity index (χ3n) is 4.14. The second-order valence-corrected chi connectivity index (χ2v) is 6.78. The fraction of sp³-hybridized carbons (Fsp3) is 0.450. The molecule has 0 unspecified atom stereocenters. The number of hydrogen-bond donors (Lipinski definition) is 1. The number of likely N-dealkylation sites (N-methyl/N-ethyl adjacent to an activating group) is 1. The van der Waals surface area contributed by atoms with E-state index in [0.29, 0.717) is 12.5 Å². The lowest BCUT2D eigenvalue weighted by Gasteiger charge is -2.22. The molecule has 1 N–H and O–H groups in total. The van der Waals surface area contributed by atoms with Gasteiger partial charge in [-0.25, -0.2) is 0 Å². The summed E-state index contributed by atoms with van der Waals surface area (Å²) in [6.45, 7) is 6.71. The zero-order valence-electron chi connectivity index (χ0n) is 15.7. The van der Waals surface area contributed by atoms with Crippen LogP contribution in [0.15, 0.2) is 41.0 Å². The standard InChI is InChI=1S/C20H28N2O3/c1-14(2)16-9-8-15(3)11-19(16)25-13-20(23)21-12-17(22(4)5)18-7-6-10-24-18/h6-11,14,17H,12-13H2,1-5H3,(H,21,23)/t17-/m1/s1. The monoisotopic (exact) mass is 344 g/mol. The summed E-state index contributed by atoms with van der Waals surface area (Å²) >= 11 is 0. The SMILES string of the molecule is Cc1ccc(C(C)C)c(OCC(=O)NC[C@H](c2ccco2)N(C)C)c1. The topological polar surface area (TPSA) is 54.7 Å². The van der Waals surface area contributed by atoms with Crippen molar-refractivity contribution in [2.24, 2.45) is 0 Å². The molecule has 0 aliphatic carbocycles. The molecule has 0 spiro atoms. The Morgan fingerprint density at radius 1 is 1.28 bits per heavy atom. The Morgan fingerprint density at radius 2 is 2.04 bits per heavy atom. The van der Waals surface area contributed by atoms with Crippen LogP contribution in [0.25, 0.3) is 0 Å². The van der Waals surface area contributed by atoms with E-state index in [4.69, 9.17) is 9.15 Å². The average molecular weight is 344 g/mol. The Balaban J connectivity index is 1.92. The summed E-state index contributed by atoms with van der Waals surface area (Å²) in [6.07, 6.45) is 1.64. The van der Waals surface area contributed by atoms with Gasteiger partial charge in [-0.3, -0.25) is 9.69 Å². The number of carbonyl (C=O) groups excluding carboxylic acids is 1. The normalized spacial score (nSPS) is 12.4. The second-order valence-electron chi connectivity index (χ2n) is 6.78. The maximum atomic E-state index is 12.2. The van der Waals surface area contributed by atoms with E-state index in [9.17, 15) is 4.79 Å². The highest BCUT2D eigenvalue weighted by Gasteiger charge is 2.18. The van der Waals surface area contributed by atoms with E-state index in [1.165, 1.54) is 0 Å². The molecule has 5 nitrogen and oxygen atoms in total. The van der Waals surface area contributed by atoms with E-state index < -0.39 is 0 Å². The van der Waals surface area contributed by atoms with Crippen LogP contribution in [0.1, 0.15) is 42.7 Å². The van der Waals surface area contributed by atoms with Crippen LogP contribution in [0.4, 0.5) is 0 Å². The number of furan rings is 1. The molecule has 5 heteroatoms. The van der Waals surface area contributed by atoms with Crippen LogP contribution in [0.2, 0.25) is 0 Å². The van der Waals surface area contributed by atoms with Crippen LogP contribution >= 0.6 is 0 Å². The van der Waals surface area contributed by atoms with Crippen LogP contribution in [-0.4, -0.2) is 38.1 Å². The fourth-order valence-electron chi connectivity index (χ4n) is 2.67. The molecule has 1 atom stereocenters. The zero-order chi connectivity index (χ0) is 18.4. The lowest BCUT2D eigenvalue weighted by molar-refractivity contribution is -0.123. The molecular weight excluding hydrogens is 316 g/mol. The summed E-state index contributed by atoms with van der Waals surface area (Å²) in [7, 11) is 3.91. The number of amides is 1. The van der Waals surface area contributed by atoms with Crippen LogP contribution in [0.5, 0.6) is 5.75 Å². The summed E-state index contributed by atoms with van der Waals surface area (Å²) < 4.78 is 11.2. The summed E-state index contributed by atoms with van der Waals surface area (Å²) in [5.41, 5.74) is 2.23. The Kier molecular flexibility index (Phi) is 6.65. The minimum Gasteiger partial charge on any atom is -0.483 e. The van der Waals surface area contributed by atoms with Crippen molar-refractivity contribution in [3.63, 3.8) is 0 Å². The third-order valence-corrected chi connectivity index (χ3v) is 4.14. The van der Waals surface area contributed by atoms with Crippen molar-refractivity contribution in [2.45, 2.75) is 32.7 Å². The van der Waals surface area contributed by atoms with Crippen molar-refractivity contribution < 1.29 is 13.9 Å². The molecule has 136 valence electrons. The molecule has 0 bridgehead atoms. The average Bonchev–Trinajstić information content (AvgIpc) is 3.06. The first-order valence-electron chi connectivity index (χ1n) is 8.58. The molecule has 1 aromatic carbocycles. The van der Waals surface area contributed by atoms with Gasteiger partial charge in [0.1, 0.15) is 11.5 Å². The largest absolute Gasteiger partial charge is 0.483 e. The zero-order valence-corrected chi connectivity index (χ0v) is 15.7. The number of rotatable bonds is 8. The van der Waals surface area contributed by atoms with Gasteiger partial charge >= 0.3 is 0 Å². The van der Waals surface area contributed by atoms with Crippen molar-refractivity contribution in [3.8, 4) is 5.75 Å². The number of aryl methyl sites for hydroxylation is 1. The predicted octanol–water partition coefficient (Wildman–Crippen LogP) is 3.51. The molecule has 0 radical (unpaired) electrons. The maximum absolute atomic E-state index is 12.2. The maximum Gasteiger partial charge on any atom is 0.258 e. The van der Waals surface area contributed by atoms with Gasteiger partial charge in [-0.2, -0.15) is 0 Å². The summed E-state index contributed by atoms with van der Waals surface area (Å²) in [5.74, 6) is 1.80. The summed E-state index contributed by atoms with van der Waals surface area (Å²) in [4.78, 5) is 14.2. The molecule has 0 saturated heterocycles. The van der Waals surface area contributed by atoms with Crippen LogP contribution in [0.3, 0.4) is 0 Å². The number of nitrogens with zero attached hydrogens (tertiary/aromatic N) is 1. The third kappa shape index (κ3) is 5.36. The van der Waals surface area contributed by atoms with Crippen LogP contribution < -0.4 is 10.1 Å². The van der Waals surface area contributed by atoms with E-state index in [1.54, 1.807) is 6.26 Å². The van der Waals surface area contributed by atoms with Gasteiger partial charge in [-0.15, -0.1) is 0 Å². The molecule has 25 heavy (non-hydrogen) atoms. The van der Waals surface area contributed by atoms with Crippen molar-refractivity contribution in [1.29, 1.82) is 0 Å². The molecule has 1 amide bonds. The molecule has 0 aliphatic rings. The van der Waals surface area contributed by atoms with Gasteiger partial charge in [0.25, 0.3) is 5.91 Å². The van der Waals surface area contributed by atoms with Gasteiger partial charge in [0.2, 0.25) is 0 Å². The second kappa shape index (κ2) is 8.72. The Labute approximate surface area is 150 Å². The molecule has 0 fully saturated rings. The molecule has 2 aromatic rings. The van der Waals surface area contributed by atoms with Gasteiger partial charge in [0.05, 0.1) is 12.3 Å². The van der Waals surface area contributed by atoms with E-state index in [2.05, 4.69) is 31.3 Å². The highest BCUT2D eigenvalue weighted by molar-refractivity contribution is 5.77. The smallest absolute Gasteiger partial charge is 0.258 e. The predicted molar refractivity (Wildman–Crippen MR) is 98.9 cm³/mol. The molecule has 2 rings (SSSR count). The van der Waals surface area contributed by atoms with E-state index >= 15 is 0 Å². The van der Waals surface area contributed by atoms with Crippen LogP contribution in [-0.2, 0) is 4.79 Å². The first-order valence-corrected chi connectivity index (χ1v) is 8.58. The van der Waals surface area contributed by atoms with Gasteiger partial charge in [-0.1, -0.05) is 26.0 Å². The minimum atomic E-state index is -0.144. The minimum absolute atomic E-state index is 0.00146. The number of nitrogens with one attached hydrogen (secondary N) is 1. The highest BCUT2D eigenvalue weighted by Crippen LogP contribution is 2.27. The van der Waals surface area contributed by atoms with Gasteiger partial charge in [0, 0.05) is 6.54 Å². The Bertz CT molecular complexity index is 678. The van der Waals surface area contributed by atoms with Crippen molar-refractivity contribution >= 4 is 5.91 Å². The summed E-state index contributed by atoms with van der Waals surface area (Å²) in [6, 6.07) is 9.86. The van der Waals surface area contributed by atoms with Crippen LogP contribution in [0, 0.1) is 6.92 Å². The Hall–Kier alpha value is -2.27. The first kappa shape index (κ1) is 19.1. The fourth-order valence-corrected chi connectivity index (χ4v) is 2.67. The number of benzene rings is 1. The Morgan fingerprint density at radius 3 is 2.64 bits per heavy atom. The quantitative estimate of drug-likeness (QED) is 0.796. The van der Waals surface area contributed by atoms with Gasteiger partial charge in [-0.05, 0) is 56.3 Å². The number of carbonyl (C=O) groups is 1. The van der Waals surface area contributed by atoms with E-state index in [1.807, 2.05) is 44.1 Å². The molecule has 0 aliphatic heterocycles. The lowest BCUT2D eigenvalue weighted by atomic mass is 10.0. The first-order chi connectivity index (χ1) is 11.9.